The van der Waals surface area contributed by atoms with Crippen LogP contribution in [0.25, 0.3) is 0 Å². The molecule has 3 heterocycles. The number of para-hydroxylation sites is 1. The van der Waals surface area contributed by atoms with Crippen LogP contribution in [0.1, 0.15) is 23.6 Å². The zero-order chi connectivity index (χ0) is 25.4. The minimum Gasteiger partial charge on any atom is -0.454 e. The van der Waals surface area contributed by atoms with Crippen LogP contribution >= 0.6 is 0 Å². The number of hydrogen-bond donors (Lipinski definition) is 0. The Kier molecular flexibility index (Phi) is 6.21. The number of rotatable bonds is 5. The Morgan fingerprint density at radius 3 is 2.41 bits per heavy atom. The van der Waals surface area contributed by atoms with E-state index in [1.807, 2.05) is 34.1 Å². The van der Waals surface area contributed by atoms with Crippen molar-refractivity contribution in [2.24, 2.45) is 5.10 Å². The fraction of sp³-hybridized carbons (Fsp3) is 0.286. The van der Waals surface area contributed by atoms with E-state index in [0.29, 0.717) is 61.1 Å². The molecular weight excluding hydrogens is 478 g/mol. The summed E-state index contributed by atoms with van der Waals surface area (Å²) in [5, 5.41) is 6.09. The molecule has 3 aliphatic heterocycles. The van der Waals surface area contributed by atoms with Gasteiger partial charge in [-0.3, -0.25) is 9.69 Å². The van der Waals surface area contributed by atoms with E-state index in [9.17, 15) is 13.6 Å². The second kappa shape index (κ2) is 9.82. The first-order chi connectivity index (χ1) is 18.1. The first-order valence-electron chi connectivity index (χ1n) is 12.3. The topological polar surface area (TPSA) is 57.6 Å². The van der Waals surface area contributed by atoms with E-state index < -0.39 is 6.04 Å². The van der Waals surface area contributed by atoms with Gasteiger partial charge >= 0.3 is 0 Å². The third-order valence-electron chi connectivity index (χ3n) is 7.06. The van der Waals surface area contributed by atoms with Gasteiger partial charge in [-0.15, -0.1) is 0 Å². The molecule has 190 valence electrons. The molecule has 3 aromatic rings. The standard InChI is InChI=1S/C28H26F2N4O3/c29-21-6-2-1-5-20(21)23-16-25(19-9-10-26-27(15-19)37-18-36-26)34(31-23)28(35)17-32-11-13-33(14-12-32)24-8-4-3-7-22(24)30/h1-10,15,25H,11-14,16-18H2/t25-/m1/s1. The second-order valence-electron chi connectivity index (χ2n) is 9.31. The van der Waals surface area contributed by atoms with Crippen molar-refractivity contribution < 1.29 is 23.0 Å². The molecule has 0 aliphatic carbocycles. The van der Waals surface area contributed by atoms with Crippen molar-refractivity contribution in [1.29, 1.82) is 0 Å². The Morgan fingerprint density at radius 1 is 0.892 bits per heavy atom. The fourth-order valence-electron chi connectivity index (χ4n) is 5.10. The summed E-state index contributed by atoms with van der Waals surface area (Å²) >= 11 is 0. The number of carbonyl (C=O) groups is 1. The average Bonchev–Trinajstić information content (AvgIpc) is 3.57. The van der Waals surface area contributed by atoms with Crippen molar-refractivity contribution in [3.8, 4) is 11.5 Å². The van der Waals surface area contributed by atoms with Crippen LogP contribution in [-0.4, -0.2) is 61.0 Å². The van der Waals surface area contributed by atoms with Gasteiger partial charge in [0.1, 0.15) is 11.6 Å². The largest absolute Gasteiger partial charge is 0.454 e. The van der Waals surface area contributed by atoms with Crippen LogP contribution in [-0.2, 0) is 4.79 Å². The molecule has 1 saturated heterocycles. The van der Waals surface area contributed by atoms with Crippen molar-refractivity contribution in [1.82, 2.24) is 9.91 Å². The number of nitrogens with zero attached hydrogens (tertiary/aromatic N) is 4. The van der Waals surface area contributed by atoms with Crippen LogP contribution in [0.5, 0.6) is 11.5 Å². The number of benzene rings is 3. The van der Waals surface area contributed by atoms with Gasteiger partial charge in [0.05, 0.1) is 24.0 Å². The number of amides is 1. The van der Waals surface area contributed by atoms with E-state index in [0.717, 1.165) is 5.56 Å². The maximum Gasteiger partial charge on any atom is 0.257 e. The van der Waals surface area contributed by atoms with Gasteiger partial charge in [0.2, 0.25) is 6.79 Å². The lowest BCUT2D eigenvalue weighted by Crippen LogP contribution is -2.49. The molecule has 0 N–H and O–H groups in total. The average molecular weight is 505 g/mol. The highest BCUT2D eigenvalue weighted by Crippen LogP contribution is 2.39. The number of hydrogen-bond acceptors (Lipinski definition) is 6. The lowest BCUT2D eigenvalue weighted by Gasteiger charge is -2.36. The maximum atomic E-state index is 14.6. The summed E-state index contributed by atoms with van der Waals surface area (Å²) in [5.74, 6) is 0.486. The number of ether oxygens (including phenoxy) is 2. The highest BCUT2D eigenvalue weighted by atomic mass is 19.1. The van der Waals surface area contributed by atoms with Gasteiger partial charge < -0.3 is 14.4 Å². The second-order valence-corrected chi connectivity index (χ2v) is 9.31. The van der Waals surface area contributed by atoms with Crippen LogP contribution in [0.3, 0.4) is 0 Å². The Labute approximate surface area is 213 Å². The van der Waals surface area contributed by atoms with Crippen molar-refractivity contribution in [2.45, 2.75) is 12.5 Å². The third-order valence-corrected chi connectivity index (χ3v) is 7.06. The minimum absolute atomic E-state index is 0.155. The molecular formula is C28H26F2N4O3. The summed E-state index contributed by atoms with van der Waals surface area (Å²) in [6.45, 7) is 2.79. The first-order valence-corrected chi connectivity index (χ1v) is 12.3. The minimum atomic E-state index is -0.392. The Bertz CT molecular complexity index is 1360. The molecule has 3 aromatic carbocycles. The quantitative estimate of drug-likeness (QED) is 0.522. The Morgan fingerprint density at radius 2 is 1.62 bits per heavy atom. The summed E-state index contributed by atoms with van der Waals surface area (Å²) in [4.78, 5) is 17.6. The van der Waals surface area contributed by atoms with Gasteiger partial charge in [0, 0.05) is 38.2 Å². The van der Waals surface area contributed by atoms with Gasteiger partial charge in [0.25, 0.3) is 5.91 Å². The summed E-state index contributed by atoms with van der Waals surface area (Å²) in [7, 11) is 0. The molecule has 6 rings (SSSR count). The van der Waals surface area contributed by atoms with Crippen LogP contribution in [0.15, 0.2) is 71.8 Å². The van der Waals surface area contributed by atoms with Crippen LogP contribution < -0.4 is 14.4 Å². The van der Waals surface area contributed by atoms with Gasteiger partial charge in [-0.2, -0.15) is 5.10 Å². The van der Waals surface area contributed by atoms with Crippen molar-refractivity contribution in [3.05, 3.63) is 89.5 Å². The van der Waals surface area contributed by atoms with Crippen molar-refractivity contribution in [2.75, 3.05) is 44.4 Å². The molecule has 1 atom stereocenters. The number of halogens is 2. The Hall–Kier alpha value is -3.98. The molecule has 0 aromatic heterocycles. The molecule has 0 bridgehead atoms. The molecule has 0 spiro atoms. The van der Waals surface area contributed by atoms with E-state index >= 15 is 0 Å². The predicted molar refractivity (Wildman–Crippen MR) is 135 cm³/mol. The summed E-state index contributed by atoms with van der Waals surface area (Å²) in [6.07, 6.45) is 0.382. The SMILES string of the molecule is O=C(CN1CCN(c2ccccc2F)CC1)N1N=C(c2ccccc2F)C[C@@H]1c1ccc2c(c1)OCO2. The predicted octanol–water partition coefficient (Wildman–Crippen LogP) is 4.19. The lowest BCUT2D eigenvalue weighted by molar-refractivity contribution is -0.134. The van der Waals surface area contributed by atoms with Crippen LogP contribution in [0, 0.1) is 11.6 Å². The van der Waals surface area contributed by atoms with E-state index in [2.05, 4.69) is 5.10 Å². The highest BCUT2D eigenvalue weighted by molar-refractivity contribution is 6.03. The lowest BCUT2D eigenvalue weighted by atomic mass is 9.97. The normalized spacial score (nSPS) is 19.3. The zero-order valence-corrected chi connectivity index (χ0v) is 20.1. The van der Waals surface area contributed by atoms with Crippen LogP contribution in [0.2, 0.25) is 0 Å². The van der Waals surface area contributed by atoms with Gasteiger partial charge in [-0.25, -0.2) is 13.8 Å². The number of anilines is 1. The summed E-state index contributed by atoms with van der Waals surface area (Å²) < 4.78 is 39.8. The number of piperazine rings is 1. The van der Waals surface area contributed by atoms with E-state index in [1.54, 1.807) is 30.3 Å². The van der Waals surface area contributed by atoms with Gasteiger partial charge in [0.15, 0.2) is 11.5 Å². The summed E-state index contributed by atoms with van der Waals surface area (Å²) in [6, 6.07) is 18.4. The molecule has 1 fully saturated rings. The van der Waals surface area contributed by atoms with Crippen molar-refractivity contribution in [3.63, 3.8) is 0 Å². The Balaban J connectivity index is 1.20. The first kappa shape index (κ1) is 23.4. The number of fused-ring (bicyclic) bond motifs is 1. The molecule has 9 heteroatoms. The third kappa shape index (κ3) is 4.62. The number of carbonyl (C=O) groups excluding carboxylic acids is 1. The van der Waals surface area contributed by atoms with E-state index in [4.69, 9.17) is 9.47 Å². The van der Waals surface area contributed by atoms with Crippen LogP contribution in [0.4, 0.5) is 14.5 Å². The van der Waals surface area contributed by atoms with Gasteiger partial charge in [-0.05, 0) is 35.9 Å². The molecule has 0 radical (unpaired) electrons. The van der Waals surface area contributed by atoms with Gasteiger partial charge in [-0.1, -0.05) is 36.4 Å². The van der Waals surface area contributed by atoms with E-state index in [-0.39, 0.29) is 30.9 Å². The highest BCUT2D eigenvalue weighted by Gasteiger charge is 2.35. The monoisotopic (exact) mass is 504 g/mol. The molecule has 7 nitrogen and oxygen atoms in total. The maximum absolute atomic E-state index is 14.6. The zero-order valence-electron chi connectivity index (χ0n) is 20.1. The molecule has 3 aliphatic rings. The molecule has 37 heavy (non-hydrogen) atoms. The smallest absolute Gasteiger partial charge is 0.257 e. The molecule has 0 unspecified atom stereocenters. The fourth-order valence-corrected chi connectivity index (χ4v) is 5.10. The van der Waals surface area contributed by atoms with Crippen molar-refractivity contribution >= 4 is 17.3 Å². The molecule has 0 saturated carbocycles. The summed E-state index contributed by atoms with van der Waals surface area (Å²) in [5.41, 5.74) is 2.34. The van der Waals surface area contributed by atoms with E-state index in [1.165, 1.54) is 17.1 Å². The molecule has 1 amide bonds. The number of hydrazone groups is 1.